The minimum absolute atomic E-state index is 0.111. The molecule has 1 aliphatic rings. The van der Waals surface area contributed by atoms with Crippen LogP contribution in [0.2, 0.25) is 0 Å². The van der Waals surface area contributed by atoms with Gasteiger partial charge in [0.05, 0.1) is 30.1 Å². The number of ether oxygens (including phenoxy) is 2. The smallest absolute Gasteiger partial charge is 0.339 e. The molecule has 32 heavy (non-hydrogen) atoms. The first-order valence-electron chi connectivity index (χ1n) is 10.5. The van der Waals surface area contributed by atoms with E-state index >= 15 is 0 Å². The van der Waals surface area contributed by atoms with Crippen molar-refractivity contribution in [3.8, 4) is 11.5 Å². The van der Waals surface area contributed by atoms with Gasteiger partial charge < -0.3 is 18.8 Å². The van der Waals surface area contributed by atoms with E-state index in [1.165, 1.54) is 13.2 Å². The Kier molecular flexibility index (Phi) is 6.55. The highest BCUT2D eigenvalue weighted by atomic mass is 16.6. The molecule has 1 aliphatic heterocycles. The van der Waals surface area contributed by atoms with Crippen molar-refractivity contribution in [1.82, 2.24) is 4.90 Å². The van der Waals surface area contributed by atoms with Gasteiger partial charge in [0.25, 0.3) is 5.69 Å². The van der Waals surface area contributed by atoms with Crippen LogP contribution in [0.3, 0.4) is 0 Å². The van der Waals surface area contributed by atoms with Crippen LogP contribution in [0.5, 0.6) is 11.5 Å². The molecule has 9 heteroatoms. The normalized spacial score (nSPS) is 14.5. The summed E-state index contributed by atoms with van der Waals surface area (Å²) in [7, 11) is 1.52. The Hall–Kier alpha value is -3.59. The average Bonchev–Trinajstić information content (AvgIpc) is 2.81. The second-order valence-corrected chi connectivity index (χ2v) is 7.60. The fourth-order valence-corrected chi connectivity index (χ4v) is 3.86. The third-order valence-corrected chi connectivity index (χ3v) is 5.58. The fourth-order valence-electron chi connectivity index (χ4n) is 3.86. The Morgan fingerprint density at radius 2 is 1.81 bits per heavy atom. The van der Waals surface area contributed by atoms with Gasteiger partial charge in [-0.25, -0.2) is 4.79 Å². The van der Waals surface area contributed by atoms with Gasteiger partial charge in [0.15, 0.2) is 0 Å². The summed E-state index contributed by atoms with van der Waals surface area (Å²) in [6.07, 6.45) is 0.873. The summed E-state index contributed by atoms with van der Waals surface area (Å²) in [5, 5.41) is 11.5. The van der Waals surface area contributed by atoms with Crippen molar-refractivity contribution < 1.29 is 18.8 Å². The monoisotopic (exact) mass is 439 g/mol. The Labute approximate surface area is 184 Å². The number of anilines is 1. The third-order valence-electron chi connectivity index (χ3n) is 5.58. The van der Waals surface area contributed by atoms with E-state index in [0.29, 0.717) is 23.7 Å². The number of benzene rings is 2. The number of methoxy groups -OCH3 is 1. The lowest BCUT2D eigenvalue weighted by Crippen LogP contribution is -2.46. The number of nitro groups is 1. The van der Waals surface area contributed by atoms with Gasteiger partial charge in [-0.3, -0.25) is 15.0 Å². The van der Waals surface area contributed by atoms with Crippen molar-refractivity contribution in [1.29, 1.82) is 0 Å². The van der Waals surface area contributed by atoms with Gasteiger partial charge in [0, 0.05) is 56.6 Å². The van der Waals surface area contributed by atoms with Crippen LogP contribution in [0.4, 0.5) is 11.4 Å². The topological polar surface area (TPSA) is 98.3 Å². The summed E-state index contributed by atoms with van der Waals surface area (Å²) < 4.78 is 16.3. The molecule has 0 atom stereocenters. The van der Waals surface area contributed by atoms with E-state index < -0.39 is 5.63 Å². The molecule has 2 heterocycles. The van der Waals surface area contributed by atoms with Crippen molar-refractivity contribution in [2.45, 2.75) is 6.42 Å². The summed E-state index contributed by atoms with van der Waals surface area (Å²) in [4.78, 5) is 26.7. The van der Waals surface area contributed by atoms with Crippen LogP contribution in [-0.4, -0.2) is 56.3 Å². The van der Waals surface area contributed by atoms with Gasteiger partial charge in [-0.2, -0.15) is 0 Å². The van der Waals surface area contributed by atoms with E-state index in [2.05, 4.69) is 9.80 Å². The molecular formula is C23H25N3O6. The molecule has 0 saturated carbocycles. The van der Waals surface area contributed by atoms with Crippen molar-refractivity contribution in [3.63, 3.8) is 0 Å². The summed E-state index contributed by atoms with van der Waals surface area (Å²) in [5.74, 6) is 1.13. The SMILES string of the molecule is COc1cc(=O)oc2cc(OCCCN3CCN(c4ccc([N+](=O)[O-])cc4)CC3)ccc12. The van der Waals surface area contributed by atoms with Crippen molar-refractivity contribution >= 4 is 22.3 Å². The molecule has 0 bridgehead atoms. The van der Waals surface area contributed by atoms with Gasteiger partial charge in [-0.15, -0.1) is 0 Å². The predicted octanol–water partition coefficient (Wildman–Crippen LogP) is 3.30. The van der Waals surface area contributed by atoms with Crippen LogP contribution in [-0.2, 0) is 0 Å². The summed E-state index contributed by atoms with van der Waals surface area (Å²) >= 11 is 0. The lowest BCUT2D eigenvalue weighted by molar-refractivity contribution is -0.384. The minimum Gasteiger partial charge on any atom is -0.496 e. The maximum atomic E-state index is 11.6. The quantitative estimate of drug-likeness (QED) is 0.228. The fraction of sp³-hybridized carbons (Fsp3) is 0.348. The molecule has 0 amide bonds. The van der Waals surface area contributed by atoms with E-state index in [9.17, 15) is 14.9 Å². The first-order valence-corrected chi connectivity index (χ1v) is 10.5. The highest BCUT2D eigenvalue weighted by molar-refractivity contribution is 5.84. The molecule has 0 aliphatic carbocycles. The minimum atomic E-state index is -0.459. The standard InChI is InChI=1S/C23H25N3O6/c1-30-21-16-23(27)32-22-15-19(7-8-20(21)22)31-14-2-9-24-10-12-25(13-11-24)17-3-5-18(6-4-17)26(28)29/h3-8,15-16H,2,9-14H2,1H3. The van der Waals surface area contributed by atoms with Crippen molar-refractivity contribution in [2.75, 3.05) is 51.3 Å². The summed E-state index contributed by atoms with van der Waals surface area (Å²) in [6.45, 7) is 5.09. The first kappa shape index (κ1) is 21.6. The molecular weight excluding hydrogens is 414 g/mol. The maximum absolute atomic E-state index is 11.6. The lowest BCUT2D eigenvalue weighted by atomic mass is 10.2. The number of nitro benzene ring substituents is 1. The lowest BCUT2D eigenvalue weighted by Gasteiger charge is -2.36. The molecule has 168 valence electrons. The first-order chi connectivity index (χ1) is 15.5. The van der Waals surface area contributed by atoms with Crippen LogP contribution in [0, 0.1) is 10.1 Å². The van der Waals surface area contributed by atoms with E-state index in [1.807, 2.05) is 24.3 Å². The van der Waals surface area contributed by atoms with Crippen LogP contribution in [0.25, 0.3) is 11.0 Å². The van der Waals surface area contributed by atoms with Crippen LogP contribution in [0.1, 0.15) is 6.42 Å². The largest absolute Gasteiger partial charge is 0.496 e. The molecule has 2 aromatic carbocycles. The highest BCUT2D eigenvalue weighted by Crippen LogP contribution is 2.27. The summed E-state index contributed by atoms with van der Waals surface area (Å²) in [6, 6.07) is 13.4. The second kappa shape index (κ2) is 9.69. The number of fused-ring (bicyclic) bond motifs is 1. The van der Waals surface area contributed by atoms with E-state index in [4.69, 9.17) is 13.9 Å². The predicted molar refractivity (Wildman–Crippen MR) is 121 cm³/mol. The molecule has 9 nitrogen and oxygen atoms in total. The molecule has 1 fully saturated rings. The summed E-state index contributed by atoms with van der Waals surface area (Å²) in [5.41, 5.74) is 1.10. The van der Waals surface area contributed by atoms with Crippen LogP contribution in [0.15, 0.2) is 57.7 Å². The Bertz CT molecular complexity index is 1140. The molecule has 0 N–H and O–H groups in total. The van der Waals surface area contributed by atoms with Crippen LogP contribution < -0.4 is 20.0 Å². The number of hydrogen-bond donors (Lipinski definition) is 0. The number of piperazine rings is 1. The van der Waals surface area contributed by atoms with Gasteiger partial charge in [0.1, 0.15) is 17.1 Å². The number of hydrogen-bond acceptors (Lipinski definition) is 8. The molecule has 1 saturated heterocycles. The van der Waals surface area contributed by atoms with Gasteiger partial charge >= 0.3 is 5.63 Å². The van der Waals surface area contributed by atoms with E-state index in [1.54, 1.807) is 18.2 Å². The van der Waals surface area contributed by atoms with Gasteiger partial charge in [-0.05, 0) is 30.7 Å². The molecule has 4 rings (SSSR count). The Balaban J connectivity index is 1.23. The molecule has 0 spiro atoms. The zero-order valence-corrected chi connectivity index (χ0v) is 17.9. The van der Waals surface area contributed by atoms with Gasteiger partial charge in [-0.1, -0.05) is 0 Å². The Morgan fingerprint density at radius 1 is 1.06 bits per heavy atom. The number of rotatable bonds is 8. The number of nitrogens with zero attached hydrogens (tertiary/aromatic N) is 3. The average molecular weight is 439 g/mol. The molecule has 0 radical (unpaired) electrons. The third kappa shape index (κ3) is 5.00. The van der Waals surface area contributed by atoms with E-state index in [0.717, 1.165) is 50.2 Å². The number of non-ortho nitro benzene ring substituents is 1. The van der Waals surface area contributed by atoms with Gasteiger partial charge in [0.2, 0.25) is 0 Å². The highest BCUT2D eigenvalue weighted by Gasteiger charge is 2.17. The molecule has 3 aromatic rings. The van der Waals surface area contributed by atoms with Crippen molar-refractivity contribution in [3.05, 3.63) is 69.1 Å². The maximum Gasteiger partial charge on any atom is 0.339 e. The van der Waals surface area contributed by atoms with Crippen LogP contribution >= 0.6 is 0 Å². The zero-order chi connectivity index (χ0) is 22.5. The Morgan fingerprint density at radius 3 is 2.50 bits per heavy atom. The second-order valence-electron chi connectivity index (χ2n) is 7.60. The molecule has 1 aromatic heterocycles. The molecule has 0 unspecified atom stereocenters. The zero-order valence-electron chi connectivity index (χ0n) is 17.9. The van der Waals surface area contributed by atoms with E-state index in [-0.39, 0.29) is 10.6 Å². The van der Waals surface area contributed by atoms with Crippen molar-refractivity contribution in [2.24, 2.45) is 0 Å².